The molecule has 0 fully saturated rings. The fourth-order valence-corrected chi connectivity index (χ4v) is 3.10. The lowest BCUT2D eigenvalue weighted by Gasteiger charge is -1.99. The Hall–Kier alpha value is -0.640. The SMILES string of the molecule is Cc1cc(C(=O)Cc2cccc(Br)c2)sc1Cl. The summed E-state index contributed by atoms with van der Waals surface area (Å²) in [5, 5.41) is 0. The summed E-state index contributed by atoms with van der Waals surface area (Å²) in [4.78, 5) is 12.8. The van der Waals surface area contributed by atoms with Crippen molar-refractivity contribution in [3.05, 3.63) is 55.1 Å². The molecule has 0 amide bonds. The van der Waals surface area contributed by atoms with Crippen LogP contribution in [0.3, 0.4) is 0 Å². The maximum atomic E-state index is 12.0. The Bertz CT molecular complexity index is 543. The van der Waals surface area contributed by atoms with E-state index >= 15 is 0 Å². The van der Waals surface area contributed by atoms with E-state index in [-0.39, 0.29) is 5.78 Å². The Morgan fingerprint density at radius 1 is 1.41 bits per heavy atom. The number of rotatable bonds is 3. The Balaban J connectivity index is 2.17. The predicted molar refractivity (Wildman–Crippen MR) is 76.2 cm³/mol. The topological polar surface area (TPSA) is 17.1 Å². The lowest BCUT2D eigenvalue weighted by Crippen LogP contribution is -2.00. The van der Waals surface area contributed by atoms with Gasteiger partial charge in [-0.05, 0) is 36.2 Å². The third-order valence-corrected chi connectivity index (χ3v) is 4.48. The lowest BCUT2D eigenvalue weighted by atomic mass is 10.1. The molecular weight excluding hydrogens is 320 g/mol. The number of carbonyl (C=O) groups excluding carboxylic acids is 1. The molecule has 0 spiro atoms. The average molecular weight is 330 g/mol. The van der Waals surface area contributed by atoms with Crippen molar-refractivity contribution in [2.24, 2.45) is 0 Å². The number of benzene rings is 1. The minimum Gasteiger partial charge on any atom is -0.293 e. The van der Waals surface area contributed by atoms with E-state index in [1.165, 1.54) is 11.3 Å². The average Bonchev–Trinajstić information content (AvgIpc) is 2.59. The highest BCUT2D eigenvalue weighted by Crippen LogP contribution is 2.27. The molecule has 0 atom stereocenters. The highest BCUT2D eigenvalue weighted by molar-refractivity contribution is 9.10. The molecule has 0 bridgehead atoms. The first-order valence-electron chi connectivity index (χ1n) is 5.10. The Morgan fingerprint density at radius 2 is 2.18 bits per heavy atom. The van der Waals surface area contributed by atoms with Crippen LogP contribution in [0, 0.1) is 6.92 Å². The van der Waals surface area contributed by atoms with E-state index in [1.807, 2.05) is 37.3 Å². The Morgan fingerprint density at radius 3 is 2.76 bits per heavy atom. The zero-order valence-corrected chi connectivity index (χ0v) is 12.3. The molecule has 0 unspecified atom stereocenters. The molecule has 17 heavy (non-hydrogen) atoms. The maximum Gasteiger partial charge on any atom is 0.177 e. The number of halogens is 2. The van der Waals surface area contributed by atoms with Crippen molar-refractivity contribution in [3.8, 4) is 0 Å². The van der Waals surface area contributed by atoms with Gasteiger partial charge in [0.15, 0.2) is 5.78 Å². The summed E-state index contributed by atoms with van der Waals surface area (Å²) in [5.41, 5.74) is 1.97. The summed E-state index contributed by atoms with van der Waals surface area (Å²) in [6.45, 7) is 1.91. The third-order valence-electron chi connectivity index (χ3n) is 2.39. The standard InChI is InChI=1S/C13H10BrClOS/c1-8-5-12(17-13(8)15)11(16)7-9-3-2-4-10(14)6-9/h2-6H,7H2,1H3. The van der Waals surface area contributed by atoms with Crippen LogP contribution in [0.2, 0.25) is 4.34 Å². The van der Waals surface area contributed by atoms with Crippen molar-refractivity contribution in [2.45, 2.75) is 13.3 Å². The highest BCUT2D eigenvalue weighted by Gasteiger charge is 2.12. The quantitative estimate of drug-likeness (QED) is 0.732. The van der Waals surface area contributed by atoms with Gasteiger partial charge in [0.25, 0.3) is 0 Å². The summed E-state index contributed by atoms with van der Waals surface area (Å²) in [5.74, 6) is 0.114. The van der Waals surface area contributed by atoms with Crippen molar-refractivity contribution >= 4 is 44.7 Å². The molecule has 4 heteroatoms. The van der Waals surface area contributed by atoms with Crippen LogP contribution in [-0.2, 0) is 6.42 Å². The molecule has 2 aromatic rings. The molecule has 0 saturated carbocycles. The van der Waals surface area contributed by atoms with Gasteiger partial charge in [-0.3, -0.25) is 4.79 Å². The van der Waals surface area contributed by atoms with Crippen LogP contribution < -0.4 is 0 Å². The highest BCUT2D eigenvalue weighted by atomic mass is 79.9. The second kappa shape index (κ2) is 5.34. The van der Waals surface area contributed by atoms with Crippen LogP contribution in [-0.4, -0.2) is 5.78 Å². The second-order valence-corrected chi connectivity index (χ2v) is 6.37. The molecule has 0 aliphatic carbocycles. The van der Waals surface area contributed by atoms with Crippen LogP contribution in [0.15, 0.2) is 34.8 Å². The molecule has 0 aliphatic heterocycles. The molecule has 1 aromatic heterocycles. The van der Waals surface area contributed by atoms with Gasteiger partial charge >= 0.3 is 0 Å². The van der Waals surface area contributed by atoms with Gasteiger partial charge in [0.05, 0.1) is 9.21 Å². The first kappa shape index (κ1) is 12.8. The first-order valence-corrected chi connectivity index (χ1v) is 7.08. The van der Waals surface area contributed by atoms with Crippen LogP contribution in [0.1, 0.15) is 20.8 Å². The molecule has 0 radical (unpaired) electrons. The number of Topliss-reactive ketones (excluding diaryl/α,β-unsaturated/α-hetero) is 1. The zero-order chi connectivity index (χ0) is 12.4. The fraction of sp³-hybridized carbons (Fsp3) is 0.154. The summed E-state index contributed by atoms with van der Waals surface area (Å²) in [6.07, 6.45) is 0.412. The van der Waals surface area contributed by atoms with E-state index in [9.17, 15) is 4.79 Å². The van der Waals surface area contributed by atoms with Gasteiger partial charge in [0.2, 0.25) is 0 Å². The number of thiophene rings is 1. The van der Waals surface area contributed by atoms with Gasteiger partial charge in [-0.15, -0.1) is 11.3 Å². The summed E-state index contributed by atoms with van der Waals surface area (Å²) in [6, 6.07) is 9.64. The Kier molecular flexibility index (Phi) is 4.02. The summed E-state index contributed by atoms with van der Waals surface area (Å²) >= 11 is 10.7. The molecule has 2 rings (SSSR count). The van der Waals surface area contributed by atoms with Crippen LogP contribution in [0.5, 0.6) is 0 Å². The van der Waals surface area contributed by atoms with E-state index in [0.717, 1.165) is 20.5 Å². The molecule has 88 valence electrons. The van der Waals surface area contributed by atoms with E-state index < -0.39 is 0 Å². The van der Waals surface area contributed by atoms with E-state index in [0.29, 0.717) is 10.8 Å². The number of ketones is 1. The molecule has 1 aromatic carbocycles. The van der Waals surface area contributed by atoms with E-state index in [4.69, 9.17) is 11.6 Å². The number of aryl methyl sites for hydroxylation is 1. The summed E-state index contributed by atoms with van der Waals surface area (Å²) < 4.78 is 1.69. The monoisotopic (exact) mass is 328 g/mol. The van der Waals surface area contributed by atoms with Gasteiger partial charge in [-0.1, -0.05) is 39.7 Å². The third kappa shape index (κ3) is 3.18. The van der Waals surface area contributed by atoms with Crippen LogP contribution >= 0.6 is 38.9 Å². The normalized spacial score (nSPS) is 10.5. The largest absolute Gasteiger partial charge is 0.293 e. The number of carbonyl (C=O) groups is 1. The molecule has 1 heterocycles. The van der Waals surface area contributed by atoms with Crippen molar-refractivity contribution in [1.29, 1.82) is 0 Å². The lowest BCUT2D eigenvalue weighted by molar-refractivity contribution is 0.0997. The summed E-state index contributed by atoms with van der Waals surface area (Å²) in [7, 11) is 0. The molecule has 0 N–H and O–H groups in total. The Labute approximate surface area is 118 Å². The van der Waals surface area contributed by atoms with Gasteiger partial charge in [0.1, 0.15) is 0 Å². The van der Waals surface area contributed by atoms with E-state index in [1.54, 1.807) is 0 Å². The predicted octanol–water partition coefficient (Wildman–Crippen LogP) is 4.90. The van der Waals surface area contributed by atoms with Crippen molar-refractivity contribution in [2.75, 3.05) is 0 Å². The van der Waals surface area contributed by atoms with E-state index in [2.05, 4.69) is 15.9 Å². The second-order valence-electron chi connectivity index (χ2n) is 3.80. The molecule has 0 saturated heterocycles. The molecule has 0 aliphatic rings. The zero-order valence-electron chi connectivity index (χ0n) is 9.17. The van der Waals surface area contributed by atoms with Crippen molar-refractivity contribution in [1.82, 2.24) is 0 Å². The minimum absolute atomic E-state index is 0.114. The van der Waals surface area contributed by atoms with Gasteiger partial charge in [-0.2, -0.15) is 0 Å². The number of hydrogen-bond acceptors (Lipinski definition) is 2. The smallest absolute Gasteiger partial charge is 0.177 e. The fourth-order valence-electron chi connectivity index (χ4n) is 1.52. The first-order chi connectivity index (χ1) is 8.06. The minimum atomic E-state index is 0.114. The van der Waals surface area contributed by atoms with Crippen molar-refractivity contribution in [3.63, 3.8) is 0 Å². The van der Waals surface area contributed by atoms with Crippen molar-refractivity contribution < 1.29 is 4.79 Å². The van der Waals surface area contributed by atoms with Gasteiger partial charge in [0, 0.05) is 10.9 Å². The van der Waals surface area contributed by atoms with Crippen LogP contribution in [0.25, 0.3) is 0 Å². The van der Waals surface area contributed by atoms with Crippen LogP contribution in [0.4, 0.5) is 0 Å². The number of hydrogen-bond donors (Lipinski definition) is 0. The van der Waals surface area contributed by atoms with Gasteiger partial charge < -0.3 is 0 Å². The molecule has 1 nitrogen and oxygen atoms in total. The molecular formula is C13H10BrClOS. The van der Waals surface area contributed by atoms with Gasteiger partial charge in [-0.25, -0.2) is 0 Å². The maximum absolute atomic E-state index is 12.0.